The minimum atomic E-state index is 0.683. The Labute approximate surface area is 82.0 Å². The Bertz CT molecular complexity index is 130. The van der Waals surface area contributed by atoms with Gasteiger partial charge >= 0.3 is 0 Å². The second-order valence-electron chi connectivity index (χ2n) is 4.31. The maximum atomic E-state index is 5.34. The zero-order valence-corrected chi connectivity index (χ0v) is 9.18. The Kier molecular flexibility index (Phi) is 4.74. The average molecular weight is 185 g/mol. The Morgan fingerprint density at radius 1 is 1.31 bits per heavy atom. The van der Waals surface area contributed by atoms with Crippen molar-refractivity contribution < 1.29 is 4.74 Å². The summed E-state index contributed by atoms with van der Waals surface area (Å²) >= 11 is 0. The van der Waals surface area contributed by atoms with Crippen molar-refractivity contribution in [2.24, 2.45) is 5.92 Å². The molecule has 2 nitrogen and oxygen atoms in total. The molecule has 13 heavy (non-hydrogen) atoms. The quantitative estimate of drug-likeness (QED) is 0.725. The normalized spacial score (nSPS) is 22.2. The summed E-state index contributed by atoms with van der Waals surface area (Å²) in [5.41, 5.74) is 0. The molecule has 78 valence electrons. The Hall–Kier alpha value is -0.0800. The van der Waals surface area contributed by atoms with Crippen LogP contribution in [0.3, 0.4) is 0 Å². The van der Waals surface area contributed by atoms with Crippen LogP contribution in [0.15, 0.2) is 0 Å². The molecule has 0 aromatic rings. The predicted molar refractivity (Wildman–Crippen MR) is 55.9 cm³/mol. The van der Waals surface area contributed by atoms with E-state index in [1.165, 1.54) is 19.3 Å². The van der Waals surface area contributed by atoms with Gasteiger partial charge in [-0.1, -0.05) is 20.8 Å². The molecular formula is C11H23NO. The lowest BCUT2D eigenvalue weighted by Gasteiger charge is -2.30. The van der Waals surface area contributed by atoms with Crippen molar-refractivity contribution >= 4 is 0 Å². The van der Waals surface area contributed by atoms with Crippen LogP contribution in [0, 0.1) is 5.92 Å². The Morgan fingerprint density at radius 3 is 2.38 bits per heavy atom. The first-order valence-corrected chi connectivity index (χ1v) is 5.57. The van der Waals surface area contributed by atoms with Crippen LogP contribution in [0.4, 0.5) is 0 Å². The summed E-state index contributed by atoms with van der Waals surface area (Å²) in [6.07, 6.45) is 3.60. The van der Waals surface area contributed by atoms with E-state index in [1.54, 1.807) is 0 Å². The van der Waals surface area contributed by atoms with Crippen LogP contribution < -0.4 is 5.32 Å². The van der Waals surface area contributed by atoms with Gasteiger partial charge in [0.2, 0.25) is 0 Å². The minimum absolute atomic E-state index is 0.683. The van der Waals surface area contributed by atoms with Crippen LogP contribution in [-0.2, 0) is 4.74 Å². The standard InChI is InChI=1S/C11H23NO/c1-4-11(9(2)3)12-10-5-7-13-8-6-10/h9-12H,4-8H2,1-3H3. The molecule has 1 atom stereocenters. The summed E-state index contributed by atoms with van der Waals surface area (Å²) in [4.78, 5) is 0. The fourth-order valence-corrected chi connectivity index (χ4v) is 1.95. The molecule has 1 fully saturated rings. The molecule has 1 N–H and O–H groups in total. The molecule has 0 aromatic carbocycles. The van der Waals surface area contributed by atoms with Crippen LogP contribution in [-0.4, -0.2) is 25.3 Å². The molecule has 0 aromatic heterocycles. The number of hydrogen-bond acceptors (Lipinski definition) is 2. The van der Waals surface area contributed by atoms with Gasteiger partial charge in [-0.25, -0.2) is 0 Å². The van der Waals surface area contributed by atoms with E-state index in [0.717, 1.165) is 19.1 Å². The van der Waals surface area contributed by atoms with Gasteiger partial charge in [-0.3, -0.25) is 0 Å². The molecule has 2 heteroatoms. The molecule has 0 saturated carbocycles. The number of ether oxygens (including phenoxy) is 1. The molecule has 0 bridgehead atoms. The highest BCUT2D eigenvalue weighted by Crippen LogP contribution is 2.12. The van der Waals surface area contributed by atoms with Gasteiger partial charge in [0.15, 0.2) is 0 Å². The third kappa shape index (κ3) is 3.65. The van der Waals surface area contributed by atoms with Crippen molar-refractivity contribution in [2.75, 3.05) is 13.2 Å². The molecule has 0 amide bonds. The highest BCUT2D eigenvalue weighted by Gasteiger charge is 2.18. The van der Waals surface area contributed by atoms with E-state index < -0.39 is 0 Å². The van der Waals surface area contributed by atoms with E-state index >= 15 is 0 Å². The number of hydrogen-bond donors (Lipinski definition) is 1. The third-order valence-electron chi connectivity index (χ3n) is 2.92. The lowest BCUT2D eigenvalue weighted by molar-refractivity contribution is 0.0727. The highest BCUT2D eigenvalue weighted by atomic mass is 16.5. The van der Waals surface area contributed by atoms with Gasteiger partial charge in [-0.05, 0) is 25.2 Å². The second kappa shape index (κ2) is 5.61. The maximum Gasteiger partial charge on any atom is 0.0480 e. The largest absolute Gasteiger partial charge is 0.381 e. The van der Waals surface area contributed by atoms with Gasteiger partial charge in [-0.2, -0.15) is 0 Å². The van der Waals surface area contributed by atoms with Crippen LogP contribution in [0.5, 0.6) is 0 Å². The van der Waals surface area contributed by atoms with Gasteiger partial charge in [0, 0.05) is 25.3 Å². The van der Waals surface area contributed by atoms with Crippen molar-refractivity contribution in [1.29, 1.82) is 0 Å². The summed E-state index contributed by atoms with van der Waals surface area (Å²) < 4.78 is 5.34. The van der Waals surface area contributed by atoms with Crippen molar-refractivity contribution in [3.8, 4) is 0 Å². The summed E-state index contributed by atoms with van der Waals surface area (Å²) in [6.45, 7) is 8.72. The lowest BCUT2D eigenvalue weighted by atomic mass is 9.99. The Balaban J connectivity index is 2.27. The molecule has 0 radical (unpaired) electrons. The number of rotatable bonds is 4. The minimum Gasteiger partial charge on any atom is -0.381 e. The first kappa shape index (κ1) is 11.0. The van der Waals surface area contributed by atoms with Gasteiger partial charge < -0.3 is 10.1 Å². The topological polar surface area (TPSA) is 21.3 Å². The predicted octanol–water partition coefficient (Wildman–Crippen LogP) is 2.19. The van der Waals surface area contributed by atoms with Crippen molar-refractivity contribution in [3.05, 3.63) is 0 Å². The van der Waals surface area contributed by atoms with Gasteiger partial charge in [0.25, 0.3) is 0 Å². The lowest BCUT2D eigenvalue weighted by Crippen LogP contribution is -2.43. The summed E-state index contributed by atoms with van der Waals surface area (Å²) in [5, 5.41) is 3.73. The second-order valence-corrected chi connectivity index (χ2v) is 4.31. The monoisotopic (exact) mass is 185 g/mol. The average Bonchev–Trinajstić information content (AvgIpc) is 2.15. The SMILES string of the molecule is CCC(NC1CCOCC1)C(C)C. The molecule has 1 heterocycles. The summed E-state index contributed by atoms with van der Waals surface area (Å²) in [6, 6.07) is 1.38. The van der Waals surface area contributed by atoms with E-state index in [4.69, 9.17) is 4.74 Å². The van der Waals surface area contributed by atoms with E-state index in [1.807, 2.05) is 0 Å². The van der Waals surface area contributed by atoms with Crippen LogP contribution >= 0.6 is 0 Å². The van der Waals surface area contributed by atoms with Crippen molar-refractivity contribution in [3.63, 3.8) is 0 Å². The third-order valence-corrected chi connectivity index (χ3v) is 2.92. The molecule has 1 aliphatic heterocycles. The maximum absolute atomic E-state index is 5.34. The molecular weight excluding hydrogens is 162 g/mol. The smallest absolute Gasteiger partial charge is 0.0480 e. The Morgan fingerprint density at radius 2 is 1.92 bits per heavy atom. The highest BCUT2D eigenvalue weighted by molar-refractivity contribution is 4.77. The van der Waals surface area contributed by atoms with Crippen molar-refractivity contribution in [1.82, 2.24) is 5.32 Å². The van der Waals surface area contributed by atoms with E-state index in [-0.39, 0.29) is 0 Å². The molecule has 1 saturated heterocycles. The fourth-order valence-electron chi connectivity index (χ4n) is 1.95. The van der Waals surface area contributed by atoms with Gasteiger partial charge in [-0.15, -0.1) is 0 Å². The number of nitrogens with one attached hydrogen (secondary N) is 1. The molecule has 1 rings (SSSR count). The first-order chi connectivity index (χ1) is 6.24. The zero-order valence-electron chi connectivity index (χ0n) is 9.18. The van der Waals surface area contributed by atoms with Crippen LogP contribution in [0.1, 0.15) is 40.0 Å². The first-order valence-electron chi connectivity index (χ1n) is 5.57. The zero-order chi connectivity index (χ0) is 9.68. The van der Waals surface area contributed by atoms with Gasteiger partial charge in [0.05, 0.1) is 0 Å². The molecule has 0 aliphatic carbocycles. The van der Waals surface area contributed by atoms with Crippen LogP contribution in [0.25, 0.3) is 0 Å². The molecule has 1 unspecified atom stereocenters. The van der Waals surface area contributed by atoms with Crippen molar-refractivity contribution in [2.45, 2.75) is 52.1 Å². The summed E-state index contributed by atoms with van der Waals surface area (Å²) in [5.74, 6) is 0.743. The fraction of sp³-hybridized carbons (Fsp3) is 1.00. The summed E-state index contributed by atoms with van der Waals surface area (Å²) in [7, 11) is 0. The molecule has 0 spiro atoms. The van der Waals surface area contributed by atoms with Gasteiger partial charge in [0.1, 0.15) is 0 Å². The van der Waals surface area contributed by atoms with Crippen LogP contribution in [0.2, 0.25) is 0 Å². The van der Waals surface area contributed by atoms with E-state index in [0.29, 0.717) is 12.1 Å². The van der Waals surface area contributed by atoms with E-state index in [2.05, 4.69) is 26.1 Å². The van der Waals surface area contributed by atoms with E-state index in [9.17, 15) is 0 Å². The molecule has 1 aliphatic rings.